The predicted octanol–water partition coefficient (Wildman–Crippen LogP) is 7.24. The fraction of sp³-hybridized carbons (Fsp3) is 0.219. The molecule has 0 aliphatic carbocycles. The van der Waals surface area contributed by atoms with Gasteiger partial charge in [0.15, 0.2) is 5.78 Å². The Balaban J connectivity index is 0.00000194. The van der Waals surface area contributed by atoms with Crippen LogP contribution in [-0.2, 0) is 4.79 Å². The maximum atomic E-state index is 13.5. The van der Waals surface area contributed by atoms with E-state index in [1.54, 1.807) is 11.3 Å². The van der Waals surface area contributed by atoms with Gasteiger partial charge in [-0.15, -0.1) is 11.3 Å². The van der Waals surface area contributed by atoms with Gasteiger partial charge in [-0.2, -0.15) is 0 Å². The van der Waals surface area contributed by atoms with E-state index < -0.39 is 0 Å². The minimum absolute atomic E-state index is 0. The van der Waals surface area contributed by atoms with Crippen LogP contribution in [-0.4, -0.2) is 46.7 Å². The minimum atomic E-state index is -0.153. The molecule has 4 aromatic rings. The fourth-order valence-corrected chi connectivity index (χ4v) is 6.20. The van der Waals surface area contributed by atoms with Gasteiger partial charge < -0.3 is 15.2 Å². The number of aromatic nitrogens is 2. The number of thiazole rings is 1. The number of aromatic amines is 1. The van der Waals surface area contributed by atoms with Crippen LogP contribution in [0.5, 0.6) is 0 Å². The van der Waals surface area contributed by atoms with E-state index in [1.807, 2.05) is 61.7 Å². The molecule has 1 amide bonds. The number of nitrogens with zero attached hydrogens (tertiary/aromatic N) is 2. The first-order chi connectivity index (χ1) is 18.9. The summed E-state index contributed by atoms with van der Waals surface area (Å²) in [5.74, 6) is -0.0723. The zero-order chi connectivity index (χ0) is 27.1. The van der Waals surface area contributed by atoms with Gasteiger partial charge in [-0.25, -0.2) is 4.98 Å². The van der Waals surface area contributed by atoms with Crippen molar-refractivity contribution >= 4 is 40.4 Å². The molecule has 0 saturated carbocycles. The fourth-order valence-electron chi connectivity index (χ4n) is 5.36. The highest BCUT2D eigenvalue weighted by Crippen LogP contribution is 2.38. The smallest absolute Gasteiger partial charge is 0.256 e. The summed E-state index contributed by atoms with van der Waals surface area (Å²) < 4.78 is 0. The summed E-state index contributed by atoms with van der Waals surface area (Å²) in [5.41, 5.74) is 9.16. The lowest BCUT2D eigenvalue weighted by Crippen LogP contribution is -2.19. The van der Waals surface area contributed by atoms with Gasteiger partial charge in [0.2, 0.25) is 0 Å². The monoisotopic (exact) mass is 538 g/mol. The first-order valence-corrected chi connectivity index (χ1v) is 14.1. The molecule has 39 heavy (non-hydrogen) atoms. The third-order valence-corrected chi connectivity index (χ3v) is 8.46. The Bertz CT molecular complexity index is 1670. The Morgan fingerprint density at radius 1 is 1.10 bits per heavy atom. The molecule has 0 bridgehead atoms. The number of ketones is 1. The molecule has 4 heterocycles. The molecular formula is C32H34N4O2S. The molecule has 200 valence electrons. The van der Waals surface area contributed by atoms with E-state index in [0.29, 0.717) is 11.1 Å². The van der Waals surface area contributed by atoms with E-state index in [0.717, 1.165) is 81.5 Å². The number of Topliss-reactive ketones (excluding diaryl/α,β-unsaturated/α-hetero) is 1. The molecule has 2 N–H and O–H groups in total. The number of carbonyl (C=O) groups is 2. The van der Waals surface area contributed by atoms with Crippen LogP contribution in [0.15, 0.2) is 65.6 Å². The third kappa shape index (κ3) is 4.80. The van der Waals surface area contributed by atoms with Crippen molar-refractivity contribution in [2.24, 2.45) is 0 Å². The van der Waals surface area contributed by atoms with Gasteiger partial charge in [-0.05, 0) is 63.1 Å². The van der Waals surface area contributed by atoms with Gasteiger partial charge in [0.1, 0.15) is 5.01 Å². The van der Waals surface area contributed by atoms with Crippen molar-refractivity contribution in [1.29, 1.82) is 0 Å². The molecule has 2 aliphatic rings. The zero-order valence-corrected chi connectivity index (χ0v) is 23.1. The number of nitrogens with one attached hydrogen (secondary N) is 2. The number of fused-ring (bicyclic) bond motifs is 1. The molecule has 0 radical (unpaired) electrons. The lowest BCUT2D eigenvalue weighted by atomic mass is 9.96. The van der Waals surface area contributed by atoms with Crippen LogP contribution in [0.2, 0.25) is 0 Å². The largest absolute Gasteiger partial charge is 0.358 e. The van der Waals surface area contributed by atoms with Crippen LogP contribution in [0.3, 0.4) is 0 Å². The van der Waals surface area contributed by atoms with Crippen LogP contribution in [0.25, 0.3) is 33.5 Å². The Labute approximate surface area is 235 Å². The van der Waals surface area contributed by atoms with Gasteiger partial charge in [0.05, 0.1) is 11.3 Å². The Kier molecular flexibility index (Phi) is 6.62. The predicted molar refractivity (Wildman–Crippen MR) is 163 cm³/mol. The molecule has 0 atom stereocenters. The molecule has 2 aromatic carbocycles. The summed E-state index contributed by atoms with van der Waals surface area (Å²) in [6, 6.07) is 16.1. The first kappa shape index (κ1) is 25.2. The van der Waals surface area contributed by atoms with E-state index in [4.69, 9.17) is 4.98 Å². The average molecular weight is 539 g/mol. The summed E-state index contributed by atoms with van der Waals surface area (Å²) in [5, 5.41) is 5.99. The number of carbonyl (C=O) groups excluding carboxylic acids is 2. The highest BCUT2D eigenvalue weighted by Gasteiger charge is 2.27. The molecule has 7 heteroatoms. The van der Waals surface area contributed by atoms with Crippen molar-refractivity contribution in [1.82, 2.24) is 14.9 Å². The second-order valence-corrected chi connectivity index (χ2v) is 11.1. The Hall–Kier alpha value is -4.07. The lowest BCUT2D eigenvalue weighted by molar-refractivity contribution is -0.110. The average Bonchev–Trinajstić information content (AvgIpc) is 3.57. The molecule has 0 fully saturated rings. The number of rotatable bonds is 5. The number of anilines is 1. The number of aryl methyl sites for hydroxylation is 1. The van der Waals surface area contributed by atoms with Crippen LogP contribution in [0.1, 0.15) is 48.6 Å². The van der Waals surface area contributed by atoms with Crippen LogP contribution < -0.4 is 5.32 Å². The maximum absolute atomic E-state index is 13.5. The number of H-pyrrole nitrogens is 1. The zero-order valence-electron chi connectivity index (χ0n) is 22.3. The number of benzene rings is 2. The van der Waals surface area contributed by atoms with Crippen molar-refractivity contribution < 1.29 is 12.4 Å². The van der Waals surface area contributed by atoms with E-state index in [1.165, 1.54) is 0 Å². The van der Waals surface area contributed by atoms with E-state index in [9.17, 15) is 9.59 Å². The van der Waals surface area contributed by atoms with Crippen molar-refractivity contribution in [3.63, 3.8) is 0 Å². The number of amides is 1. The van der Waals surface area contributed by atoms with Crippen LogP contribution >= 0.6 is 11.3 Å². The molecule has 6 rings (SSSR count). The van der Waals surface area contributed by atoms with Crippen molar-refractivity contribution in [3.05, 3.63) is 93.6 Å². The molecule has 0 spiro atoms. The summed E-state index contributed by atoms with van der Waals surface area (Å²) in [6.07, 6.45) is 5.58. The third-order valence-electron chi connectivity index (χ3n) is 7.57. The topological polar surface area (TPSA) is 78.1 Å². The summed E-state index contributed by atoms with van der Waals surface area (Å²) in [4.78, 5) is 37.0. The number of hydrogen-bond acceptors (Lipinski definition) is 5. The molecular weight excluding hydrogens is 504 g/mol. The standard InChI is InChI=1S/C32H30N4O2S.2H2/c1-19-27(33-20(2)29(19)30(37)21-10-7-14-36(3)15-13-21)17-25-24-16-23(11-12-26(24)34-31(25)38)28-18-39-32(35-28)22-8-5-4-6-9-22;;/h4-6,8-12,16-18,33H,7,13-15H2,1-3H3,(H,34,38);2*1H/b25-17-;;. The van der Waals surface area contributed by atoms with Crippen molar-refractivity contribution in [2.75, 3.05) is 25.5 Å². The SMILES string of the molecule is Cc1[nH]c(/C=C2\C(=O)Nc3ccc(-c4csc(-c5ccccc5)n4)cc32)c(C)c1C(=O)C1=CCCN(C)CC1.[HH].[HH]. The quantitative estimate of drug-likeness (QED) is 0.207. The van der Waals surface area contributed by atoms with E-state index in [-0.39, 0.29) is 14.5 Å². The van der Waals surface area contributed by atoms with Crippen molar-refractivity contribution in [2.45, 2.75) is 26.7 Å². The van der Waals surface area contributed by atoms with Crippen LogP contribution in [0.4, 0.5) is 5.69 Å². The van der Waals surface area contributed by atoms with Gasteiger partial charge in [-0.3, -0.25) is 9.59 Å². The second-order valence-electron chi connectivity index (χ2n) is 10.2. The maximum Gasteiger partial charge on any atom is 0.256 e. The van der Waals surface area contributed by atoms with Gasteiger partial charge in [0, 0.05) is 60.7 Å². The normalized spacial score (nSPS) is 16.6. The molecule has 2 aromatic heterocycles. The van der Waals surface area contributed by atoms with Crippen LogP contribution in [0, 0.1) is 13.8 Å². The Morgan fingerprint density at radius 3 is 2.74 bits per heavy atom. The van der Waals surface area contributed by atoms with Gasteiger partial charge in [0.25, 0.3) is 5.91 Å². The summed E-state index contributed by atoms with van der Waals surface area (Å²) in [6.45, 7) is 5.72. The van der Waals surface area contributed by atoms with Gasteiger partial charge >= 0.3 is 0 Å². The van der Waals surface area contributed by atoms with E-state index in [2.05, 4.69) is 40.5 Å². The second kappa shape index (κ2) is 10.2. The molecule has 0 saturated heterocycles. The highest BCUT2D eigenvalue weighted by molar-refractivity contribution is 7.13. The number of hydrogen-bond donors (Lipinski definition) is 2. The Morgan fingerprint density at radius 2 is 1.92 bits per heavy atom. The van der Waals surface area contributed by atoms with E-state index >= 15 is 0 Å². The molecule has 2 aliphatic heterocycles. The molecule has 0 unspecified atom stereocenters. The highest BCUT2D eigenvalue weighted by atomic mass is 32.1. The van der Waals surface area contributed by atoms with Crippen molar-refractivity contribution in [3.8, 4) is 21.8 Å². The summed E-state index contributed by atoms with van der Waals surface area (Å²) in [7, 11) is 2.09. The first-order valence-electron chi connectivity index (χ1n) is 13.2. The minimum Gasteiger partial charge on any atom is -0.358 e. The summed E-state index contributed by atoms with van der Waals surface area (Å²) >= 11 is 1.60. The van der Waals surface area contributed by atoms with Gasteiger partial charge in [-0.1, -0.05) is 42.5 Å². The lowest BCUT2D eigenvalue weighted by Gasteiger charge is -2.12. The molecule has 6 nitrogen and oxygen atoms in total.